The normalized spacial score (nSPS) is 18.9. The number of carbonyl (C=O) groups is 1. The van der Waals surface area contributed by atoms with Gasteiger partial charge in [-0.3, -0.25) is 9.69 Å². The summed E-state index contributed by atoms with van der Waals surface area (Å²) < 4.78 is 0. The molecule has 0 aliphatic carbocycles. The van der Waals surface area contributed by atoms with E-state index in [9.17, 15) is 4.79 Å². The maximum atomic E-state index is 13.0. The Morgan fingerprint density at radius 3 is 2.50 bits per heavy atom. The van der Waals surface area contributed by atoms with Crippen LogP contribution in [0.1, 0.15) is 29.2 Å². The number of hydrogen-bond acceptors (Lipinski definition) is 2. The summed E-state index contributed by atoms with van der Waals surface area (Å²) in [5, 5.41) is 0. The van der Waals surface area contributed by atoms with Gasteiger partial charge in [0, 0.05) is 25.3 Å². The molecule has 126 valence electrons. The molecule has 1 unspecified atom stereocenters. The van der Waals surface area contributed by atoms with Crippen molar-refractivity contribution in [3.63, 3.8) is 0 Å². The predicted octanol–water partition coefficient (Wildman–Crippen LogP) is 3.85. The summed E-state index contributed by atoms with van der Waals surface area (Å²) in [5.41, 5.74) is 6.00. The van der Waals surface area contributed by atoms with Gasteiger partial charge in [-0.2, -0.15) is 0 Å². The molecule has 2 aromatic carbocycles. The van der Waals surface area contributed by atoms with Gasteiger partial charge in [-0.05, 0) is 56.0 Å². The zero-order chi connectivity index (χ0) is 17.3. The molecule has 1 atom stereocenters. The van der Waals surface area contributed by atoms with Crippen molar-refractivity contribution in [2.75, 3.05) is 18.0 Å². The fraction of sp³-hybridized carbons (Fsp3) is 0.381. The molecule has 1 aliphatic rings. The van der Waals surface area contributed by atoms with Crippen molar-refractivity contribution in [2.24, 2.45) is 0 Å². The van der Waals surface area contributed by atoms with Crippen LogP contribution in [-0.2, 0) is 11.3 Å². The van der Waals surface area contributed by atoms with Gasteiger partial charge in [0.2, 0.25) is 5.91 Å². The zero-order valence-electron chi connectivity index (χ0n) is 15.0. The largest absolute Gasteiger partial charge is 0.310 e. The van der Waals surface area contributed by atoms with Crippen LogP contribution < -0.4 is 4.90 Å². The van der Waals surface area contributed by atoms with E-state index in [0.29, 0.717) is 0 Å². The Kier molecular flexibility index (Phi) is 4.72. The highest BCUT2D eigenvalue weighted by Crippen LogP contribution is 2.26. The Hall–Kier alpha value is -2.13. The third-order valence-electron chi connectivity index (χ3n) is 5.07. The van der Waals surface area contributed by atoms with Crippen LogP contribution >= 0.6 is 0 Å². The van der Waals surface area contributed by atoms with Crippen LogP contribution in [0, 0.1) is 20.8 Å². The van der Waals surface area contributed by atoms with Crippen molar-refractivity contribution >= 4 is 11.6 Å². The molecular formula is C21H26N2O. The van der Waals surface area contributed by atoms with Crippen molar-refractivity contribution in [1.82, 2.24) is 4.90 Å². The summed E-state index contributed by atoms with van der Waals surface area (Å²) >= 11 is 0. The Morgan fingerprint density at radius 1 is 1.00 bits per heavy atom. The van der Waals surface area contributed by atoms with Gasteiger partial charge in [-0.25, -0.2) is 0 Å². The monoisotopic (exact) mass is 322 g/mol. The highest BCUT2D eigenvalue weighted by molar-refractivity contribution is 5.98. The van der Waals surface area contributed by atoms with E-state index < -0.39 is 0 Å². The van der Waals surface area contributed by atoms with E-state index >= 15 is 0 Å². The number of amides is 1. The summed E-state index contributed by atoms with van der Waals surface area (Å²) in [7, 11) is 0. The molecule has 3 heteroatoms. The minimum atomic E-state index is -0.0988. The lowest BCUT2D eigenvalue weighted by Gasteiger charge is -2.40. The van der Waals surface area contributed by atoms with E-state index in [1.165, 1.54) is 16.7 Å². The molecule has 0 saturated carbocycles. The Labute approximate surface area is 144 Å². The lowest BCUT2D eigenvalue weighted by Crippen LogP contribution is -2.55. The Bertz CT molecular complexity index is 753. The van der Waals surface area contributed by atoms with Gasteiger partial charge in [-0.1, -0.05) is 36.4 Å². The van der Waals surface area contributed by atoms with Crippen molar-refractivity contribution in [1.29, 1.82) is 0 Å². The van der Waals surface area contributed by atoms with Gasteiger partial charge < -0.3 is 4.90 Å². The zero-order valence-corrected chi connectivity index (χ0v) is 15.0. The second-order valence-electron chi connectivity index (χ2n) is 6.85. The first kappa shape index (κ1) is 16.7. The minimum absolute atomic E-state index is 0.0988. The topological polar surface area (TPSA) is 23.6 Å². The third kappa shape index (κ3) is 3.22. The van der Waals surface area contributed by atoms with Crippen LogP contribution in [0.3, 0.4) is 0 Å². The first-order chi connectivity index (χ1) is 11.5. The standard InChI is InChI=1S/C21H26N2O/c1-15-9-10-17(3)20(13-15)23-12-11-22(18(4)21(23)24)14-19-8-6-5-7-16(19)2/h5-10,13,18H,11-12,14H2,1-4H3. The summed E-state index contributed by atoms with van der Waals surface area (Å²) in [6.45, 7) is 10.8. The number of nitrogens with zero attached hydrogens (tertiary/aromatic N) is 2. The third-order valence-corrected chi connectivity index (χ3v) is 5.07. The number of aryl methyl sites for hydroxylation is 3. The molecule has 0 N–H and O–H groups in total. The molecule has 0 radical (unpaired) electrons. The second kappa shape index (κ2) is 6.78. The first-order valence-electron chi connectivity index (χ1n) is 8.64. The molecule has 1 heterocycles. The van der Waals surface area contributed by atoms with E-state index in [-0.39, 0.29) is 11.9 Å². The van der Waals surface area contributed by atoms with Crippen LogP contribution in [0.25, 0.3) is 0 Å². The molecule has 1 aliphatic heterocycles. The van der Waals surface area contributed by atoms with E-state index in [1.54, 1.807) is 0 Å². The number of piperazine rings is 1. The quantitative estimate of drug-likeness (QED) is 0.857. The summed E-state index contributed by atoms with van der Waals surface area (Å²) in [6, 6.07) is 14.6. The van der Waals surface area contributed by atoms with Crippen LogP contribution in [-0.4, -0.2) is 29.9 Å². The van der Waals surface area contributed by atoms with E-state index in [1.807, 2.05) is 11.8 Å². The number of benzene rings is 2. The van der Waals surface area contributed by atoms with Crippen LogP contribution in [0.5, 0.6) is 0 Å². The maximum absolute atomic E-state index is 13.0. The fourth-order valence-corrected chi connectivity index (χ4v) is 3.39. The second-order valence-corrected chi connectivity index (χ2v) is 6.85. The molecule has 3 rings (SSSR count). The van der Waals surface area contributed by atoms with Gasteiger partial charge >= 0.3 is 0 Å². The predicted molar refractivity (Wildman–Crippen MR) is 99.3 cm³/mol. The van der Waals surface area contributed by atoms with E-state index in [4.69, 9.17) is 0 Å². The average molecular weight is 322 g/mol. The van der Waals surface area contributed by atoms with Gasteiger partial charge in [0.15, 0.2) is 0 Å². The molecule has 2 aromatic rings. The molecule has 0 spiro atoms. The first-order valence-corrected chi connectivity index (χ1v) is 8.64. The molecule has 0 aromatic heterocycles. The fourth-order valence-electron chi connectivity index (χ4n) is 3.39. The summed E-state index contributed by atoms with van der Waals surface area (Å²) in [6.07, 6.45) is 0. The van der Waals surface area contributed by atoms with Crippen LogP contribution in [0.2, 0.25) is 0 Å². The Morgan fingerprint density at radius 2 is 1.75 bits per heavy atom. The number of carbonyl (C=O) groups excluding carboxylic acids is 1. The van der Waals surface area contributed by atoms with Crippen molar-refractivity contribution in [2.45, 2.75) is 40.3 Å². The lowest BCUT2D eigenvalue weighted by atomic mass is 10.0. The molecule has 1 amide bonds. The smallest absolute Gasteiger partial charge is 0.244 e. The van der Waals surface area contributed by atoms with E-state index in [2.05, 4.69) is 68.1 Å². The van der Waals surface area contributed by atoms with Gasteiger partial charge in [-0.15, -0.1) is 0 Å². The van der Waals surface area contributed by atoms with Crippen molar-refractivity contribution in [3.8, 4) is 0 Å². The summed E-state index contributed by atoms with van der Waals surface area (Å²) in [4.78, 5) is 17.2. The minimum Gasteiger partial charge on any atom is -0.310 e. The molecule has 3 nitrogen and oxygen atoms in total. The lowest BCUT2D eigenvalue weighted by molar-refractivity contribution is -0.125. The van der Waals surface area contributed by atoms with Gasteiger partial charge in [0.05, 0.1) is 6.04 Å². The van der Waals surface area contributed by atoms with Gasteiger partial charge in [0.1, 0.15) is 0 Å². The molecular weight excluding hydrogens is 296 g/mol. The molecule has 1 fully saturated rings. The summed E-state index contributed by atoms with van der Waals surface area (Å²) in [5.74, 6) is 0.198. The van der Waals surface area contributed by atoms with Crippen LogP contribution in [0.15, 0.2) is 42.5 Å². The number of hydrogen-bond donors (Lipinski definition) is 0. The van der Waals surface area contributed by atoms with Crippen LogP contribution in [0.4, 0.5) is 5.69 Å². The van der Waals surface area contributed by atoms with Crippen molar-refractivity contribution in [3.05, 3.63) is 64.7 Å². The number of anilines is 1. The number of rotatable bonds is 3. The molecule has 1 saturated heterocycles. The van der Waals surface area contributed by atoms with Crippen molar-refractivity contribution < 1.29 is 4.79 Å². The van der Waals surface area contributed by atoms with E-state index in [0.717, 1.165) is 30.9 Å². The Balaban J connectivity index is 1.79. The SMILES string of the molecule is Cc1ccc(C)c(N2CCN(Cc3ccccc3C)C(C)C2=O)c1. The molecule has 0 bridgehead atoms. The molecule has 24 heavy (non-hydrogen) atoms. The average Bonchev–Trinajstić information content (AvgIpc) is 2.56. The highest BCUT2D eigenvalue weighted by atomic mass is 16.2. The maximum Gasteiger partial charge on any atom is 0.244 e. The highest BCUT2D eigenvalue weighted by Gasteiger charge is 2.32. The van der Waals surface area contributed by atoms with Gasteiger partial charge in [0.25, 0.3) is 0 Å².